The Morgan fingerprint density at radius 2 is 1.76 bits per heavy atom. The Morgan fingerprint density at radius 1 is 1.10 bits per heavy atom. The summed E-state index contributed by atoms with van der Waals surface area (Å²) in [4.78, 5) is 24.5. The first-order valence-corrected chi connectivity index (χ1v) is 9.55. The molecule has 7 heteroatoms. The predicted molar refractivity (Wildman–Crippen MR) is 117 cm³/mol. The number of anilines is 1. The molecule has 2 aromatic carbocycles. The molecule has 0 atom stereocenters. The van der Waals surface area contributed by atoms with E-state index in [1.54, 1.807) is 37.3 Å². The van der Waals surface area contributed by atoms with E-state index in [1.165, 1.54) is 7.11 Å². The number of hydrogen-bond donors (Lipinski definition) is 2. The van der Waals surface area contributed by atoms with Crippen molar-refractivity contribution in [2.75, 3.05) is 12.4 Å². The van der Waals surface area contributed by atoms with Gasteiger partial charge in [-0.05, 0) is 48.2 Å². The zero-order valence-corrected chi connectivity index (χ0v) is 18.1. The van der Waals surface area contributed by atoms with Crippen LogP contribution in [0.15, 0.2) is 47.6 Å². The molecule has 0 aliphatic carbocycles. The first-order chi connectivity index (χ1) is 13.6. The predicted octanol–water partition coefficient (Wildman–Crippen LogP) is 4.78. The third kappa shape index (κ3) is 6.61. The molecule has 6 nitrogen and oxygen atoms in total. The van der Waals surface area contributed by atoms with Crippen LogP contribution in [0.5, 0.6) is 5.75 Å². The smallest absolute Gasteiger partial charge is 0.271 e. The van der Waals surface area contributed by atoms with E-state index in [-0.39, 0.29) is 23.7 Å². The van der Waals surface area contributed by atoms with Crippen molar-refractivity contribution in [1.82, 2.24) is 5.43 Å². The third-order valence-electron chi connectivity index (χ3n) is 4.21. The minimum atomic E-state index is -0.332. The van der Waals surface area contributed by atoms with Crippen LogP contribution in [0.1, 0.15) is 50.0 Å². The number of hydrogen-bond acceptors (Lipinski definition) is 4. The molecule has 0 bridgehead atoms. The quantitative estimate of drug-likeness (QED) is 0.526. The van der Waals surface area contributed by atoms with E-state index in [0.29, 0.717) is 27.7 Å². The summed E-state index contributed by atoms with van der Waals surface area (Å²) >= 11 is 5.96. The molecule has 2 amide bonds. The van der Waals surface area contributed by atoms with Crippen LogP contribution < -0.4 is 15.5 Å². The Bertz CT molecular complexity index is 916. The summed E-state index contributed by atoms with van der Waals surface area (Å²) < 4.78 is 5.20. The minimum Gasteiger partial charge on any atom is -0.495 e. The Kier molecular flexibility index (Phi) is 7.40. The maximum absolute atomic E-state index is 12.3. The second-order valence-corrected chi connectivity index (χ2v) is 8.12. The van der Waals surface area contributed by atoms with E-state index >= 15 is 0 Å². The van der Waals surface area contributed by atoms with Crippen LogP contribution in [0.25, 0.3) is 0 Å². The third-order valence-corrected chi connectivity index (χ3v) is 4.45. The standard InChI is InChI=1S/C22H26ClN3O3/c1-14(12-20(27)24-18-13-17(23)10-11-19(18)29-5)25-26-21(28)15-6-8-16(9-7-15)22(2,3)4/h6-11,13H,12H2,1-5H3,(H,24,27)(H,26,28). The van der Waals surface area contributed by atoms with Gasteiger partial charge in [-0.2, -0.15) is 5.10 Å². The number of rotatable bonds is 6. The zero-order valence-electron chi connectivity index (χ0n) is 17.3. The second-order valence-electron chi connectivity index (χ2n) is 7.68. The van der Waals surface area contributed by atoms with Crippen molar-refractivity contribution >= 4 is 34.8 Å². The van der Waals surface area contributed by atoms with Gasteiger partial charge in [0.15, 0.2) is 0 Å². The van der Waals surface area contributed by atoms with E-state index < -0.39 is 0 Å². The summed E-state index contributed by atoms with van der Waals surface area (Å²) in [6.07, 6.45) is 0.0128. The fraction of sp³-hybridized carbons (Fsp3) is 0.318. The summed E-state index contributed by atoms with van der Waals surface area (Å²) in [6.45, 7) is 8.00. The molecule has 2 aromatic rings. The summed E-state index contributed by atoms with van der Waals surface area (Å²) in [5, 5.41) is 7.23. The van der Waals surface area contributed by atoms with Crippen LogP contribution in [0.4, 0.5) is 5.69 Å². The number of halogens is 1. The van der Waals surface area contributed by atoms with Crippen LogP contribution in [0.3, 0.4) is 0 Å². The summed E-state index contributed by atoms with van der Waals surface area (Å²) in [6, 6.07) is 12.3. The van der Waals surface area contributed by atoms with Gasteiger partial charge < -0.3 is 10.1 Å². The Labute approximate surface area is 176 Å². The van der Waals surface area contributed by atoms with E-state index in [1.807, 2.05) is 12.1 Å². The molecule has 2 N–H and O–H groups in total. The number of nitrogens with zero attached hydrogens (tertiary/aromatic N) is 1. The van der Waals surface area contributed by atoms with Gasteiger partial charge in [0, 0.05) is 16.3 Å². The van der Waals surface area contributed by atoms with Crippen LogP contribution in [-0.4, -0.2) is 24.6 Å². The number of nitrogens with one attached hydrogen (secondary N) is 2. The summed E-state index contributed by atoms with van der Waals surface area (Å²) in [5.41, 5.74) is 5.07. The van der Waals surface area contributed by atoms with Crippen molar-refractivity contribution in [2.24, 2.45) is 5.10 Å². The highest BCUT2D eigenvalue weighted by Crippen LogP contribution is 2.27. The Hall–Kier alpha value is -2.86. The van der Waals surface area contributed by atoms with Crippen LogP contribution >= 0.6 is 11.6 Å². The lowest BCUT2D eigenvalue weighted by atomic mass is 9.87. The van der Waals surface area contributed by atoms with Gasteiger partial charge in [0.1, 0.15) is 5.75 Å². The highest BCUT2D eigenvalue weighted by Gasteiger charge is 2.14. The number of hydrazone groups is 1. The molecule has 0 aliphatic rings. The summed E-state index contributed by atoms with van der Waals surface area (Å²) in [7, 11) is 1.51. The molecule has 0 aliphatic heterocycles. The van der Waals surface area contributed by atoms with Gasteiger partial charge >= 0.3 is 0 Å². The lowest BCUT2D eigenvalue weighted by Crippen LogP contribution is -2.22. The van der Waals surface area contributed by atoms with Gasteiger partial charge in [0.2, 0.25) is 5.91 Å². The highest BCUT2D eigenvalue weighted by molar-refractivity contribution is 6.31. The monoisotopic (exact) mass is 415 g/mol. The van der Waals surface area contributed by atoms with E-state index in [2.05, 4.69) is 36.6 Å². The maximum atomic E-state index is 12.3. The van der Waals surface area contributed by atoms with E-state index in [9.17, 15) is 9.59 Å². The number of ether oxygens (including phenoxy) is 1. The lowest BCUT2D eigenvalue weighted by Gasteiger charge is -2.18. The Balaban J connectivity index is 1.95. The van der Waals surface area contributed by atoms with E-state index in [0.717, 1.165) is 5.56 Å². The van der Waals surface area contributed by atoms with Gasteiger partial charge in [-0.1, -0.05) is 44.5 Å². The van der Waals surface area contributed by atoms with Crippen LogP contribution in [0, 0.1) is 0 Å². The molecular weight excluding hydrogens is 390 g/mol. The minimum absolute atomic E-state index is 0.0128. The molecule has 0 heterocycles. The molecule has 0 saturated heterocycles. The van der Waals surface area contributed by atoms with Crippen molar-refractivity contribution < 1.29 is 14.3 Å². The highest BCUT2D eigenvalue weighted by atomic mass is 35.5. The van der Waals surface area contributed by atoms with Crippen molar-refractivity contribution in [3.63, 3.8) is 0 Å². The SMILES string of the molecule is COc1ccc(Cl)cc1NC(=O)CC(C)=NNC(=O)c1ccc(C(C)(C)C)cc1. The topological polar surface area (TPSA) is 79.8 Å². The van der Waals surface area contributed by atoms with Gasteiger partial charge in [0.05, 0.1) is 19.2 Å². The molecule has 0 fully saturated rings. The van der Waals surface area contributed by atoms with Gasteiger partial charge in [-0.3, -0.25) is 9.59 Å². The second kappa shape index (κ2) is 9.56. The number of amides is 2. The molecule has 29 heavy (non-hydrogen) atoms. The first-order valence-electron chi connectivity index (χ1n) is 9.17. The van der Waals surface area contributed by atoms with Crippen LogP contribution in [-0.2, 0) is 10.2 Å². The largest absolute Gasteiger partial charge is 0.495 e. The van der Waals surface area contributed by atoms with Gasteiger partial charge in [0.25, 0.3) is 5.91 Å². The van der Waals surface area contributed by atoms with E-state index in [4.69, 9.17) is 16.3 Å². The normalized spacial score (nSPS) is 11.7. The number of benzene rings is 2. The number of methoxy groups -OCH3 is 1. The molecule has 0 unspecified atom stereocenters. The van der Waals surface area contributed by atoms with Crippen molar-refractivity contribution in [1.29, 1.82) is 0 Å². The Morgan fingerprint density at radius 3 is 2.34 bits per heavy atom. The molecular formula is C22H26ClN3O3. The molecule has 0 radical (unpaired) electrons. The average molecular weight is 416 g/mol. The lowest BCUT2D eigenvalue weighted by molar-refractivity contribution is -0.115. The maximum Gasteiger partial charge on any atom is 0.271 e. The van der Waals surface area contributed by atoms with Crippen molar-refractivity contribution in [3.8, 4) is 5.75 Å². The number of carbonyl (C=O) groups is 2. The molecule has 0 aromatic heterocycles. The van der Waals surface area contributed by atoms with Gasteiger partial charge in [-0.15, -0.1) is 0 Å². The molecule has 154 valence electrons. The van der Waals surface area contributed by atoms with Crippen LogP contribution in [0.2, 0.25) is 5.02 Å². The molecule has 2 rings (SSSR count). The van der Waals surface area contributed by atoms with Crippen molar-refractivity contribution in [2.45, 2.75) is 39.5 Å². The zero-order chi connectivity index (χ0) is 21.6. The molecule has 0 saturated carbocycles. The van der Waals surface area contributed by atoms with Crippen molar-refractivity contribution in [3.05, 3.63) is 58.6 Å². The number of carbonyl (C=O) groups excluding carboxylic acids is 2. The fourth-order valence-electron chi connectivity index (χ4n) is 2.58. The fourth-order valence-corrected chi connectivity index (χ4v) is 2.75. The molecule has 0 spiro atoms. The van der Waals surface area contributed by atoms with Gasteiger partial charge in [-0.25, -0.2) is 5.43 Å². The first kappa shape index (κ1) is 22.4. The summed E-state index contributed by atoms with van der Waals surface area (Å²) in [5.74, 6) is -0.123. The average Bonchev–Trinajstić information content (AvgIpc) is 2.65.